The molecule has 0 unspecified atom stereocenters. The van der Waals surface area contributed by atoms with Crippen LogP contribution in [0, 0.1) is 6.92 Å². The van der Waals surface area contributed by atoms with Gasteiger partial charge in [-0.15, -0.1) is 5.10 Å². The number of thioether (sulfide) groups is 1. The normalized spacial score (nSPS) is 12.2. The smallest absolute Gasteiger partial charge is 0.230 e. The molecule has 0 aliphatic carbocycles. The number of amides is 1. The molecule has 1 amide bonds. The summed E-state index contributed by atoms with van der Waals surface area (Å²) in [6.07, 6.45) is 0. The van der Waals surface area contributed by atoms with Crippen molar-refractivity contribution >= 4 is 17.7 Å². The molecule has 1 heterocycles. The summed E-state index contributed by atoms with van der Waals surface area (Å²) in [4.78, 5) is 11.9. The second kappa shape index (κ2) is 6.51. The van der Waals surface area contributed by atoms with E-state index in [-0.39, 0.29) is 11.9 Å². The number of benzene rings is 1. The van der Waals surface area contributed by atoms with Crippen LogP contribution in [-0.2, 0) is 11.8 Å². The highest BCUT2D eigenvalue weighted by Gasteiger charge is 2.12. The van der Waals surface area contributed by atoms with Gasteiger partial charge in [0.25, 0.3) is 0 Å². The summed E-state index contributed by atoms with van der Waals surface area (Å²) in [7, 11) is 1.75. The van der Waals surface area contributed by atoms with E-state index in [9.17, 15) is 4.79 Å². The lowest BCUT2D eigenvalue weighted by Crippen LogP contribution is -2.28. The minimum absolute atomic E-state index is 0.0121. The van der Waals surface area contributed by atoms with Crippen LogP contribution < -0.4 is 5.32 Å². The van der Waals surface area contributed by atoms with Gasteiger partial charge in [-0.1, -0.05) is 36.0 Å². The number of aromatic nitrogens is 4. The van der Waals surface area contributed by atoms with Gasteiger partial charge in [-0.3, -0.25) is 4.79 Å². The van der Waals surface area contributed by atoms with Gasteiger partial charge in [0, 0.05) is 7.05 Å². The lowest BCUT2D eigenvalue weighted by atomic mass is 10.0. The van der Waals surface area contributed by atoms with Crippen LogP contribution in [0.5, 0.6) is 0 Å². The Bertz CT molecular complexity index is 598. The highest BCUT2D eigenvalue weighted by Crippen LogP contribution is 2.17. The first-order valence-electron chi connectivity index (χ1n) is 6.28. The van der Waals surface area contributed by atoms with E-state index in [0.717, 1.165) is 5.56 Å². The summed E-state index contributed by atoms with van der Waals surface area (Å²) in [5, 5.41) is 14.7. The zero-order chi connectivity index (χ0) is 14.5. The molecule has 0 aliphatic rings. The van der Waals surface area contributed by atoms with E-state index in [0.29, 0.717) is 10.9 Å². The summed E-state index contributed by atoms with van der Waals surface area (Å²) in [5.41, 5.74) is 2.30. The van der Waals surface area contributed by atoms with E-state index in [2.05, 4.69) is 20.8 Å². The fourth-order valence-electron chi connectivity index (χ4n) is 1.91. The first-order valence-corrected chi connectivity index (χ1v) is 7.26. The van der Waals surface area contributed by atoms with E-state index < -0.39 is 0 Å². The molecular weight excluding hydrogens is 274 g/mol. The standard InChI is InChI=1S/C13H17N5OS/c1-9-6-4-5-7-11(9)10(2)14-12(19)8-20-13-15-16-17-18(13)3/h4-7,10H,8H2,1-3H3,(H,14,19)/t10-/m1/s1. The minimum Gasteiger partial charge on any atom is -0.349 e. The number of hydrogen-bond acceptors (Lipinski definition) is 5. The monoisotopic (exact) mass is 291 g/mol. The molecule has 1 aromatic carbocycles. The van der Waals surface area contributed by atoms with Crippen LogP contribution in [0.2, 0.25) is 0 Å². The topological polar surface area (TPSA) is 72.7 Å². The van der Waals surface area contributed by atoms with Crippen molar-refractivity contribution in [2.24, 2.45) is 7.05 Å². The predicted molar refractivity (Wildman–Crippen MR) is 77.3 cm³/mol. The van der Waals surface area contributed by atoms with Crippen molar-refractivity contribution in [1.82, 2.24) is 25.5 Å². The number of tetrazole rings is 1. The molecular formula is C13H17N5OS. The summed E-state index contributed by atoms with van der Waals surface area (Å²) < 4.78 is 1.54. The van der Waals surface area contributed by atoms with Crippen LogP contribution in [0.25, 0.3) is 0 Å². The van der Waals surface area contributed by atoms with E-state index >= 15 is 0 Å². The fourth-order valence-corrected chi connectivity index (χ4v) is 2.57. The highest BCUT2D eigenvalue weighted by atomic mass is 32.2. The average Bonchev–Trinajstić information content (AvgIpc) is 2.82. The van der Waals surface area contributed by atoms with Gasteiger partial charge in [0.15, 0.2) is 0 Å². The summed E-state index contributed by atoms with van der Waals surface area (Å²) >= 11 is 1.32. The Morgan fingerprint density at radius 2 is 2.20 bits per heavy atom. The Labute approximate surface area is 121 Å². The third-order valence-electron chi connectivity index (χ3n) is 2.95. The summed E-state index contributed by atoms with van der Waals surface area (Å²) in [6.45, 7) is 4.02. The van der Waals surface area contributed by atoms with Crippen LogP contribution in [0.4, 0.5) is 0 Å². The zero-order valence-electron chi connectivity index (χ0n) is 11.7. The molecule has 1 aromatic heterocycles. The average molecular weight is 291 g/mol. The van der Waals surface area contributed by atoms with E-state index in [4.69, 9.17) is 0 Å². The summed E-state index contributed by atoms with van der Waals surface area (Å²) in [5.74, 6) is 0.263. The number of rotatable bonds is 5. The molecule has 0 radical (unpaired) electrons. The lowest BCUT2D eigenvalue weighted by molar-refractivity contribution is -0.119. The molecule has 0 spiro atoms. The molecule has 0 aliphatic heterocycles. The number of carbonyl (C=O) groups is 1. The molecule has 7 heteroatoms. The fraction of sp³-hybridized carbons (Fsp3) is 0.385. The van der Waals surface area contributed by atoms with Gasteiger partial charge in [-0.25, -0.2) is 4.68 Å². The molecule has 2 aromatic rings. The molecule has 1 atom stereocenters. The lowest BCUT2D eigenvalue weighted by Gasteiger charge is -2.16. The minimum atomic E-state index is -0.0336. The maximum Gasteiger partial charge on any atom is 0.230 e. The highest BCUT2D eigenvalue weighted by molar-refractivity contribution is 7.99. The van der Waals surface area contributed by atoms with Crippen molar-refractivity contribution in [3.8, 4) is 0 Å². The second-order valence-electron chi connectivity index (χ2n) is 4.52. The predicted octanol–water partition coefficient (Wildman–Crippen LogP) is 1.49. The van der Waals surface area contributed by atoms with Crippen molar-refractivity contribution < 1.29 is 4.79 Å². The number of carbonyl (C=O) groups excluding carboxylic acids is 1. The van der Waals surface area contributed by atoms with Gasteiger partial charge in [-0.2, -0.15) is 0 Å². The van der Waals surface area contributed by atoms with Gasteiger partial charge >= 0.3 is 0 Å². The number of aryl methyl sites for hydroxylation is 2. The first kappa shape index (κ1) is 14.5. The van der Waals surface area contributed by atoms with Crippen LogP contribution in [-0.4, -0.2) is 31.9 Å². The van der Waals surface area contributed by atoms with Crippen molar-refractivity contribution in [2.75, 3.05) is 5.75 Å². The van der Waals surface area contributed by atoms with Crippen LogP contribution >= 0.6 is 11.8 Å². The molecule has 106 valence electrons. The Morgan fingerprint density at radius 1 is 1.45 bits per heavy atom. The Hall–Kier alpha value is -1.89. The first-order chi connectivity index (χ1) is 9.58. The number of nitrogens with zero attached hydrogens (tertiary/aromatic N) is 4. The van der Waals surface area contributed by atoms with Crippen molar-refractivity contribution in [3.05, 3.63) is 35.4 Å². The van der Waals surface area contributed by atoms with Gasteiger partial charge in [-0.05, 0) is 35.4 Å². The van der Waals surface area contributed by atoms with Crippen molar-refractivity contribution in [1.29, 1.82) is 0 Å². The Kier molecular flexibility index (Phi) is 4.73. The van der Waals surface area contributed by atoms with Gasteiger partial charge in [0.05, 0.1) is 11.8 Å². The van der Waals surface area contributed by atoms with E-state index in [1.807, 2.05) is 38.1 Å². The zero-order valence-corrected chi connectivity index (χ0v) is 12.5. The Morgan fingerprint density at radius 3 is 2.85 bits per heavy atom. The maximum absolute atomic E-state index is 11.9. The SMILES string of the molecule is Cc1ccccc1[C@@H](C)NC(=O)CSc1nnnn1C. The van der Waals surface area contributed by atoms with Gasteiger partial charge < -0.3 is 5.32 Å². The molecule has 20 heavy (non-hydrogen) atoms. The number of hydrogen-bond donors (Lipinski definition) is 1. The molecule has 0 bridgehead atoms. The van der Waals surface area contributed by atoms with Crippen LogP contribution in [0.1, 0.15) is 24.1 Å². The quantitative estimate of drug-likeness (QED) is 0.845. The largest absolute Gasteiger partial charge is 0.349 e. The third kappa shape index (κ3) is 3.57. The van der Waals surface area contributed by atoms with Crippen LogP contribution in [0.3, 0.4) is 0 Å². The summed E-state index contributed by atoms with van der Waals surface area (Å²) in [6, 6.07) is 8.02. The molecule has 1 N–H and O–H groups in total. The van der Waals surface area contributed by atoms with Gasteiger partial charge in [0.1, 0.15) is 0 Å². The Balaban J connectivity index is 1.88. The molecule has 0 saturated heterocycles. The molecule has 2 rings (SSSR count). The van der Waals surface area contributed by atoms with Crippen molar-refractivity contribution in [2.45, 2.75) is 25.0 Å². The van der Waals surface area contributed by atoms with E-state index in [1.165, 1.54) is 17.3 Å². The molecule has 6 nitrogen and oxygen atoms in total. The van der Waals surface area contributed by atoms with E-state index in [1.54, 1.807) is 11.7 Å². The maximum atomic E-state index is 11.9. The number of nitrogens with one attached hydrogen (secondary N) is 1. The second-order valence-corrected chi connectivity index (χ2v) is 5.46. The van der Waals surface area contributed by atoms with Crippen LogP contribution in [0.15, 0.2) is 29.4 Å². The molecule has 0 fully saturated rings. The van der Waals surface area contributed by atoms with Crippen molar-refractivity contribution in [3.63, 3.8) is 0 Å². The third-order valence-corrected chi connectivity index (χ3v) is 3.96. The molecule has 0 saturated carbocycles. The van der Waals surface area contributed by atoms with Gasteiger partial charge in [0.2, 0.25) is 11.1 Å².